The molecule has 0 radical (unpaired) electrons. The highest BCUT2D eigenvalue weighted by molar-refractivity contribution is 7.26. The Balaban J connectivity index is 1.18. The fourth-order valence-electron chi connectivity index (χ4n) is 9.45. The molecule has 0 aliphatic heterocycles. The first kappa shape index (κ1) is 34.3. The largest absolute Gasteiger partial charge is 0.308 e. The smallest absolute Gasteiger partial charge is 0.0640 e. The zero-order valence-electron chi connectivity index (χ0n) is 32.1. The van der Waals surface area contributed by atoms with Gasteiger partial charge in [-0.1, -0.05) is 188 Å². The molecule has 2 heteroatoms. The molecule has 0 saturated heterocycles. The molecule has 10 aromatic rings. The molecule has 1 atom stereocenters. The van der Waals surface area contributed by atoms with Gasteiger partial charge in [0.25, 0.3) is 0 Å². The molecule has 1 aliphatic carbocycles. The summed E-state index contributed by atoms with van der Waals surface area (Å²) in [7, 11) is 0. The summed E-state index contributed by atoms with van der Waals surface area (Å²) in [6.45, 7) is 2.40. The monoisotopic (exact) mass is 757 g/mol. The molecule has 9 aromatic carbocycles. The Morgan fingerprint density at radius 2 is 0.914 bits per heavy atom. The first-order valence-electron chi connectivity index (χ1n) is 20.0. The third-order valence-corrected chi connectivity index (χ3v) is 13.4. The molecular formula is C56H39NS. The summed E-state index contributed by atoms with van der Waals surface area (Å²) in [5, 5.41) is 2.57. The molecule has 1 nitrogen and oxygen atoms in total. The van der Waals surface area contributed by atoms with Crippen LogP contribution < -0.4 is 4.90 Å². The molecule has 11 rings (SSSR count). The number of nitrogens with zero attached hydrogens (tertiary/aromatic N) is 1. The fourth-order valence-corrected chi connectivity index (χ4v) is 10.7. The van der Waals surface area contributed by atoms with Crippen molar-refractivity contribution in [2.75, 3.05) is 4.90 Å². The highest BCUT2D eigenvalue weighted by atomic mass is 32.1. The van der Waals surface area contributed by atoms with E-state index >= 15 is 0 Å². The molecule has 1 aromatic heterocycles. The second kappa shape index (κ2) is 13.9. The molecule has 0 amide bonds. The van der Waals surface area contributed by atoms with Crippen molar-refractivity contribution in [1.29, 1.82) is 0 Å². The zero-order valence-corrected chi connectivity index (χ0v) is 33.0. The predicted octanol–water partition coefficient (Wildman–Crippen LogP) is 15.9. The molecule has 0 saturated carbocycles. The average molecular weight is 758 g/mol. The van der Waals surface area contributed by atoms with Crippen LogP contribution in [0.3, 0.4) is 0 Å². The molecular weight excluding hydrogens is 719 g/mol. The highest BCUT2D eigenvalue weighted by Crippen LogP contribution is 2.55. The van der Waals surface area contributed by atoms with Crippen LogP contribution in [-0.4, -0.2) is 0 Å². The van der Waals surface area contributed by atoms with E-state index in [-0.39, 0.29) is 5.41 Å². The number of thiophene rings is 1. The number of hydrogen-bond acceptors (Lipinski definition) is 2. The standard InChI is InChI=1S/C56H39NS/c1-56(39-21-6-3-7-22-39)50-31-15-12-27-45(50)46-36-35-40(37-51(46)56)57(53-33-18-30-49-48-29-14-17-34-54(48)58-55(49)53)52-32-16-13-28-47(52)44-26-11-10-25-43(44)42-24-9-8-23-41(42)38-19-4-2-5-20-38/h2-37H,1H3. The minimum atomic E-state index is -0.328. The lowest BCUT2D eigenvalue weighted by Crippen LogP contribution is -2.23. The van der Waals surface area contributed by atoms with Crippen molar-refractivity contribution in [3.8, 4) is 44.5 Å². The van der Waals surface area contributed by atoms with Gasteiger partial charge in [-0.3, -0.25) is 0 Å². The van der Waals surface area contributed by atoms with Crippen LogP contribution in [0.1, 0.15) is 23.6 Å². The molecule has 1 unspecified atom stereocenters. The maximum atomic E-state index is 2.53. The lowest BCUT2D eigenvalue weighted by molar-refractivity contribution is 0.714. The quantitative estimate of drug-likeness (QED) is 0.156. The summed E-state index contributed by atoms with van der Waals surface area (Å²) in [5.41, 5.74) is 16.9. The van der Waals surface area contributed by atoms with Gasteiger partial charge >= 0.3 is 0 Å². The van der Waals surface area contributed by atoms with E-state index < -0.39 is 0 Å². The Bertz CT molecular complexity index is 3140. The van der Waals surface area contributed by atoms with Crippen molar-refractivity contribution < 1.29 is 0 Å². The number of benzene rings is 9. The first-order valence-corrected chi connectivity index (χ1v) is 20.8. The SMILES string of the molecule is CC1(c2ccccc2)c2ccccc2-c2ccc(N(c3ccccc3-c3ccccc3-c3ccccc3-c3ccccc3)c3cccc4c3sc3ccccc34)cc21. The van der Waals surface area contributed by atoms with Crippen LogP contribution in [-0.2, 0) is 5.41 Å². The maximum absolute atomic E-state index is 2.53. The van der Waals surface area contributed by atoms with Crippen LogP contribution in [0.2, 0.25) is 0 Å². The van der Waals surface area contributed by atoms with Crippen LogP contribution >= 0.6 is 11.3 Å². The number of fused-ring (bicyclic) bond motifs is 6. The summed E-state index contributed by atoms with van der Waals surface area (Å²) < 4.78 is 2.57. The van der Waals surface area contributed by atoms with Gasteiger partial charge in [0, 0.05) is 32.1 Å². The first-order chi connectivity index (χ1) is 28.7. The Morgan fingerprint density at radius 3 is 1.69 bits per heavy atom. The van der Waals surface area contributed by atoms with Crippen LogP contribution in [0, 0.1) is 0 Å². The van der Waals surface area contributed by atoms with E-state index in [1.165, 1.54) is 87.1 Å². The van der Waals surface area contributed by atoms with Crippen LogP contribution in [0.25, 0.3) is 64.7 Å². The number of anilines is 3. The third-order valence-electron chi connectivity index (χ3n) is 12.2. The van der Waals surface area contributed by atoms with Gasteiger partial charge in [0.1, 0.15) is 0 Å². The Morgan fingerprint density at radius 1 is 0.379 bits per heavy atom. The second-order valence-corrected chi connectivity index (χ2v) is 16.4. The van der Waals surface area contributed by atoms with E-state index in [0.717, 1.165) is 11.4 Å². The van der Waals surface area contributed by atoms with E-state index in [0.29, 0.717) is 0 Å². The van der Waals surface area contributed by atoms with Gasteiger partial charge in [0.15, 0.2) is 0 Å². The van der Waals surface area contributed by atoms with Crippen molar-refractivity contribution in [2.45, 2.75) is 12.3 Å². The van der Waals surface area contributed by atoms with Gasteiger partial charge in [-0.25, -0.2) is 0 Å². The molecule has 1 heterocycles. The number of hydrogen-bond donors (Lipinski definition) is 0. The highest BCUT2D eigenvalue weighted by Gasteiger charge is 2.41. The lowest BCUT2D eigenvalue weighted by Gasteiger charge is -2.32. The van der Waals surface area contributed by atoms with Gasteiger partial charge in [0.05, 0.1) is 16.1 Å². The fraction of sp³-hybridized carbons (Fsp3) is 0.0357. The molecule has 0 bridgehead atoms. The molecule has 0 fully saturated rings. The molecule has 0 spiro atoms. The lowest BCUT2D eigenvalue weighted by atomic mass is 9.74. The van der Waals surface area contributed by atoms with Crippen molar-refractivity contribution in [3.05, 3.63) is 235 Å². The van der Waals surface area contributed by atoms with Gasteiger partial charge in [-0.2, -0.15) is 0 Å². The van der Waals surface area contributed by atoms with Crippen LogP contribution in [0.5, 0.6) is 0 Å². The van der Waals surface area contributed by atoms with Gasteiger partial charge in [-0.15, -0.1) is 11.3 Å². The van der Waals surface area contributed by atoms with E-state index in [9.17, 15) is 0 Å². The van der Waals surface area contributed by atoms with Crippen molar-refractivity contribution in [3.63, 3.8) is 0 Å². The minimum Gasteiger partial charge on any atom is -0.308 e. The summed E-state index contributed by atoms with van der Waals surface area (Å²) in [6, 6.07) is 80.3. The normalized spacial score (nSPS) is 14.4. The van der Waals surface area contributed by atoms with E-state index in [1.807, 2.05) is 11.3 Å². The minimum absolute atomic E-state index is 0.328. The summed E-state index contributed by atoms with van der Waals surface area (Å²) >= 11 is 1.88. The van der Waals surface area contributed by atoms with Crippen molar-refractivity contribution >= 4 is 48.6 Å². The maximum Gasteiger partial charge on any atom is 0.0640 e. The molecule has 1 aliphatic rings. The van der Waals surface area contributed by atoms with E-state index in [4.69, 9.17) is 0 Å². The zero-order chi connectivity index (χ0) is 38.6. The van der Waals surface area contributed by atoms with Crippen LogP contribution in [0.15, 0.2) is 218 Å². The summed E-state index contributed by atoms with van der Waals surface area (Å²) in [6.07, 6.45) is 0. The Hall–Kier alpha value is -7.00. The van der Waals surface area contributed by atoms with Crippen molar-refractivity contribution in [2.24, 2.45) is 0 Å². The average Bonchev–Trinajstić information content (AvgIpc) is 3.81. The van der Waals surface area contributed by atoms with Crippen molar-refractivity contribution in [1.82, 2.24) is 0 Å². The number of rotatable bonds is 7. The molecule has 0 N–H and O–H groups in total. The van der Waals surface area contributed by atoms with E-state index in [1.54, 1.807) is 0 Å². The van der Waals surface area contributed by atoms with Gasteiger partial charge in [-0.05, 0) is 92.9 Å². The summed E-state index contributed by atoms with van der Waals surface area (Å²) in [5.74, 6) is 0. The van der Waals surface area contributed by atoms with E-state index in [2.05, 4.69) is 230 Å². The Kier molecular flexibility index (Phi) is 8.20. The topological polar surface area (TPSA) is 3.24 Å². The number of para-hydroxylation sites is 1. The summed E-state index contributed by atoms with van der Waals surface area (Å²) in [4.78, 5) is 2.53. The predicted molar refractivity (Wildman–Crippen MR) is 248 cm³/mol. The second-order valence-electron chi connectivity index (χ2n) is 15.3. The molecule has 58 heavy (non-hydrogen) atoms. The van der Waals surface area contributed by atoms with Gasteiger partial charge < -0.3 is 4.90 Å². The van der Waals surface area contributed by atoms with Crippen LogP contribution in [0.4, 0.5) is 17.1 Å². The van der Waals surface area contributed by atoms with Gasteiger partial charge in [0.2, 0.25) is 0 Å². The molecule has 274 valence electrons. The third kappa shape index (κ3) is 5.37. The Labute approximate surface area is 343 Å².